The summed E-state index contributed by atoms with van der Waals surface area (Å²) >= 11 is 0. The average Bonchev–Trinajstić information content (AvgIpc) is 2.30. The van der Waals surface area contributed by atoms with Gasteiger partial charge in [-0.05, 0) is 30.1 Å². The van der Waals surface area contributed by atoms with E-state index in [4.69, 9.17) is 4.74 Å². The van der Waals surface area contributed by atoms with Crippen molar-refractivity contribution in [2.24, 2.45) is 5.92 Å². The summed E-state index contributed by atoms with van der Waals surface area (Å²) in [5.74, 6) is 1.57. The molecule has 0 spiro atoms. The molecule has 0 aromatic carbocycles. The molecule has 1 aliphatic rings. The first-order valence-electron chi connectivity index (χ1n) is 5.60. The van der Waals surface area contributed by atoms with Crippen LogP contribution in [0.5, 0.6) is 5.88 Å². The molecule has 16 heavy (non-hydrogen) atoms. The van der Waals surface area contributed by atoms with Crippen LogP contribution in [0.4, 0.5) is 0 Å². The van der Waals surface area contributed by atoms with E-state index in [-0.39, 0.29) is 0 Å². The molecule has 86 valence electrons. The Morgan fingerprint density at radius 1 is 1.38 bits per heavy atom. The van der Waals surface area contributed by atoms with Crippen LogP contribution in [0.2, 0.25) is 0 Å². The van der Waals surface area contributed by atoms with Crippen LogP contribution in [0.15, 0.2) is 18.3 Å². The number of hydrogen-bond donors (Lipinski definition) is 0. The number of carbonyl (C=O) groups excluding carboxylic acids is 1. The van der Waals surface area contributed by atoms with Gasteiger partial charge >= 0.3 is 0 Å². The van der Waals surface area contributed by atoms with E-state index in [0.29, 0.717) is 37.0 Å². The molecule has 2 rings (SSSR count). The number of carbonyl (C=O) groups is 1. The van der Waals surface area contributed by atoms with Crippen LogP contribution in [0.25, 0.3) is 0 Å². The Labute approximate surface area is 97.8 Å². The van der Waals surface area contributed by atoms with Crippen molar-refractivity contribution in [1.82, 2.24) is 4.98 Å². The lowest BCUT2D eigenvalue weighted by molar-refractivity contribution is -0.121. The highest BCUT2D eigenvalue weighted by atomic mass is 31.0. The lowest BCUT2D eigenvalue weighted by Gasteiger charge is -2.20. The van der Waals surface area contributed by atoms with Crippen LogP contribution >= 0.6 is 9.24 Å². The summed E-state index contributed by atoms with van der Waals surface area (Å²) in [5, 5.41) is 1.05. The first-order valence-corrected chi connectivity index (χ1v) is 6.18. The number of rotatable bonds is 3. The maximum absolute atomic E-state index is 11.1. The SMILES string of the molecule is O=C1CCC(COc2ccc(P)cn2)CC1. The minimum Gasteiger partial charge on any atom is -0.477 e. The fourth-order valence-electron chi connectivity index (χ4n) is 1.85. The number of Topliss-reactive ketones (excluding diaryl/α,β-unsaturated/α-hetero) is 1. The molecule has 0 radical (unpaired) electrons. The van der Waals surface area contributed by atoms with Crippen LogP contribution < -0.4 is 10.0 Å². The Bertz CT molecular complexity index is 354. The molecule has 1 saturated carbocycles. The minimum absolute atomic E-state index is 0.390. The highest BCUT2D eigenvalue weighted by Gasteiger charge is 2.19. The summed E-state index contributed by atoms with van der Waals surface area (Å²) in [6, 6.07) is 3.83. The number of ketones is 1. The molecular formula is C12H16NO2P. The zero-order chi connectivity index (χ0) is 11.4. The average molecular weight is 237 g/mol. The third kappa shape index (κ3) is 3.28. The Kier molecular flexibility index (Phi) is 3.89. The second kappa shape index (κ2) is 5.40. The Hall–Kier alpha value is -0.950. The maximum Gasteiger partial charge on any atom is 0.213 e. The van der Waals surface area contributed by atoms with Crippen molar-refractivity contribution in [2.45, 2.75) is 25.7 Å². The molecule has 1 unspecified atom stereocenters. The first-order chi connectivity index (χ1) is 7.74. The highest BCUT2D eigenvalue weighted by Crippen LogP contribution is 2.22. The van der Waals surface area contributed by atoms with Crippen LogP contribution in [0.3, 0.4) is 0 Å². The fraction of sp³-hybridized carbons (Fsp3) is 0.500. The molecular weight excluding hydrogens is 221 g/mol. The van der Waals surface area contributed by atoms with Crippen LogP contribution in [-0.4, -0.2) is 17.4 Å². The Morgan fingerprint density at radius 2 is 2.12 bits per heavy atom. The zero-order valence-electron chi connectivity index (χ0n) is 9.19. The van der Waals surface area contributed by atoms with Gasteiger partial charge in [-0.3, -0.25) is 4.79 Å². The van der Waals surface area contributed by atoms with Gasteiger partial charge in [0.25, 0.3) is 0 Å². The summed E-state index contributed by atoms with van der Waals surface area (Å²) in [6.45, 7) is 0.677. The van der Waals surface area contributed by atoms with E-state index >= 15 is 0 Å². The summed E-state index contributed by atoms with van der Waals surface area (Å²) < 4.78 is 5.60. The second-order valence-electron chi connectivity index (χ2n) is 4.22. The van der Waals surface area contributed by atoms with Crippen LogP contribution in [-0.2, 0) is 4.79 Å². The first kappa shape index (κ1) is 11.5. The molecule has 1 aromatic heterocycles. The quantitative estimate of drug-likeness (QED) is 0.751. The summed E-state index contributed by atoms with van der Waals surface area (Å²) in [7, 11) is 2.59. The standard InChI is InChI=1S/C12H16NO2P/c14-10-3-1-9(2-4-10)8-15-12-6-5-11(16)7-13-12/h5-7,9H,1-4,8,16H2. The largest absolute Gasteiger partial charge is 0.477 e. The lowest BCUT2D eigenvalue weighted by Crippen LogP contribution is -2.20. The Morgan fingerprint density at radius 3 is 2.75 bits per heavy atom. The van der Waals surface area contributed by atoms with E-state index in [2.05, 4.69) is 14.2 Å². The van der Waals surface area contributed by atoms with Crippen molar-refractivity contribution in [3.05, 3.63) is 18.3 Å². The highest BCUT2D eigenvalue weighted by molar-refractivity contribution is 7.27. The van der Waals surface area contributed by atoms with Gasteiger partial charge < -0.3 is 4.74 Å². The molecule has 1 heterocycles. The summed E-state index contributed by atoms with van der Waals surface area (Å²) in [5.41, 5.74) is 0. The number of hydrogen-bond acceptors (Lipinski definition) is 3. The van der Waals surface area contributed by atoms with Gasteiger partial charge in [-0.25, -0.2) is 4.98 Å². The van der Waals surface area contributed by atoms with E-state index in [1.165, 1.54) is 0 Å². The van der Waals surface area contributed by atoms with Gasteiger partial charge in [0.15, 0.2) is 0 Å². The molecule has 3 nitrogen and oxygen atoms in total. The molecule has 0 saturated heterocycles. The van der Waals surface area contributed by atoms with Gasteiger partial charge in [0.2, 0.25) is 5.88 Å². The monoisotopic (exact) mass is 237 g/mol. The normalized spacial score (nSPS) is 17.4. The second-order valence-corrected chi connectivity index (χ2v) is 4.89. The van der Waals surface area contributed by atoms with E-state index in [1.807, 2.05) is 12.1 Å². The topological polar surface area (TPSA) is 39.2 Å². The van der Waals surface area contributed by atoms with Crippen molar-refractivity contribution >= 4 is 20.3 Å². The number of nitrogens with zero attached hydrogens (tertiary/aromatic N) is 1. The van der Waals surface area contributed by atoms with E-state index < -0.39 is 0 Å². The molecule has 1 aromatic rings. The van der Waals surface area contributed by atoms with Gasteiger partial charge in [-0.15, -0.1) is 9.24 Å². The molecule has 0 aliphatic heterocycles. The number of pyridine rings is 1. The Balaban J connectivity index is 1.79. The van der Waals surface area contributed by atoms with Gasteiger partial charge in [-0.2, -0.15) is 0 Å². The zero-order valence-corrected chi connectivity index (χ0v) is 10.3. The molecule has 0 N–H and O–H groups in total. The van der Waals surface area contributed by atoms with E-state index in [1.54, 1.807) is 6.20 Å². The molecule has 0 amide bonds. The van der Waals surface area contributed by atoms with E-state index in [9.17, 15) is 4.79 Å². The summed E-state index contributed by atoms with van der Waals surface area (Å²) in [6.07, 6.45) is 5.11. The molecule has 1 aliphatic carbocycles. The molecule has 1 fully saturated rings. The van der Waals surface area contributed by atoms with Gasteiger partial charge in [0.1, 0.15) is 5.78 Å². The maximum atomic E-state index is 11.1. The predicted octanol–water partition coefficient (Wildman–Crippen LogP) is 1.72. The van der Waals surface area contributed by atoms with E-state index in [0.717, 1.165) is 18.1 Å². The van der Waals surface area contributed by atoms with Crippen LogP contribution in [0.1, 0.15) is 25.7 Å². The smallest absolute Gasteiger partial charge is 0.213 e. The molecule has 1 atom stereocenters. The number of aromatic nitrogens is 1. The third-order valence-corrected chi connectivity index (χ3v) is 3.23. The van der Waals surface area contributed by atoms with Crippen molar-refractivity contribution in [1.29, 1.82) is 0 Å². The number of ether oxygens (including phenoxy) is 1. The van der Waals surface area contributed by atoms with Crippen molar-refractivity contribution in [3.63, 3.8) is 0 Å². The van der Waals surface area contributed by atoms with Crippen molar-refractivity contribution in [3.8, 4) is 5.88 Å². The summed E-state index contributed by atoms with van der Waals surface area (Å²) in [4.78, 5) is 15.2. The predicted molar refractivity (Wildman–Crippen MR) is 66.0 cm³/mol. The van der Waals surface area contributed by atoms with Crippen molar-refractivity contribution < 1.29 is 9.53 Å². The minimum atomic E-state index is 0.390. The van der Waals surface area contributed by atoms with Gasteiger partial charge in [-0.1, -0.05) is 0 Å². The van der Waals surface area contributed by atoms with Crippen LogP contribution in [0, 0.1) is 5.92 Å². The lowest BCUT2D eigenvalue weighted by atomic mass is 9.89. The fourth-order valence-corrected chi connectivity index (χ4v) is 2.02. The molecule has 0 bridgehead atoms. The molecule has 4 heteroatoms. The van der Waals surface area contributed by atoms with Gasteiger partial charge in [0, 0.05) is 25.1 Å². The van der Waals surface area contributed by atoms with Crippen molar-refractivity contribution in [2.75, 3.05) is 6.61 Å². The third-order valence-electron chi connectivity index (χ3n) is 2.89. The van der Waals surface area contributed by atoms with Gasteiger partial charge in [0.05, 0.1) is 6.61 Å².